The maximum atomic E-state index is 13.1. The van der Waals surface area contributed by atoms with Gasteiger partial charge in [-0.1, -0.05) is 12.1 Å². The van der Waals surface area contributed by atoms with Gasteiger partial charge >= 0.3 is 0 Å². The van der Waals surface area contributed by atoms with Gasteiger partial charge in [-0.05, 0) is 62.9 Å². The molecule has 1 saturated heterocycles. The molecular weight excluding hydrogens is 371 g/mol. The molecule has 0 aliphatic carbocycles. The van der Waals surface area contributed by atoms with Crippen LogP contribution >= 0.6 is 0 Å². The van der Waals surface area contributed by atoms with Crippen LogP contribution in [0.15, 0.2) is 34.9 Å². The number of nitrogens with zero attached hydrogens (tertiary/aromatic N) is 4. The van der Waals surface area contributed by atoms with Crippen molar-refractivity contribution in [2.24, 2.45) is 5.92 Å². The minimum Gasteiger partial charge on any atom is -0.341 e. The summed E-state index contributed by atoms with van der Waals surface area (Å²) >= 11 is 0. The Morgan fingerprint density at radius 1 is 1.28 bits per heavy atom. The predicted octanol–water partition coefficient (Wildman–Crippen LogP) is 4.22. The molecule has 4 rings (SSSR count). The summed E-state index contributed by atoms with van der Waals surface area (Å²) in [5.41, 5.74) is 3.38. The first-order chi connectivity index (χ1) is 13.9. The fraction of sp³-hybridized carbons (Fsp3) is 0.409. The van der Waals surface area contributed by atoms with Crippen LogP contribution in [0.25, 0.3) is 22.8 Å². The molecule has 0 saturated carbocycles. The van der Waals surface area contributed by atoms with Crippen LogP contribution in [-0.2, 0) is 11.3 Å². The van der Waals surface area contributed by atoms with Gasteiger partial charge in [0.05, 0.1) is 5.56 Å². The molecule has 1 atom stereocenters. The molecular formula is C22H25FN4O2. The summed E-state index contributed by atoms with van der Waals surface area (Å²) < 4.78 is 20.6. The van der Waals surface area contributed by atoms with Crippen molar-refractivity contribution in [3.63, 3.8) is 0 Å². The van der Waals surface area contributed by atoms with Crippen LogP contribution in [0.3, 0.4) is 0 Å². The Balaban J connectivity index is 1.56. The maximum Gasteiger partial charge on any atom is 0.260 e. The molecule has 0 bridgehead atoms. The van der Waals surface area contributed by atoms with Crippen LogP contribution < -0.4 is 0 Å². The second kappa shape index (κ2) is 7.81. The Morgan fingerprint density at radius 3 is 2.76 bits per heavy atom. The van der Waals surface area contributed by atoms with E-state index < -0.39 is 0 Å². The van der Waals surface area contributed by atoms with E-state index in [4.69, 9.17) is 4.52 Å². The summed E-state index contributed by atoms with van der Waals surface area (Å²) in [6, 6.07) is 7.93. The van der Waals surface area contributed by atoms with E-state index in [0.29, 0.717) is 29.7 Å². The average Bonchev–Trinajstić information content (AvgIpc) is 3.29. The van der Waals surface area contributed by atoms with Gasteiger partial charge in [-0.3, -0.25) is 4.79 Å². The normalized spacial score (nSPS) is 17.0. The lowest BCUT2D eigenvalue weighted by molar-refractivity contribution is -0.133. The molecule has 1 aliphatic heterocycles. The first-order valence-corrected chi connectivity index (χ1v) is 9.97. The zero-order chi connectivity index (χ0) is 20.5. The molecule has 0 radical (unpaired) electrons. The highest BCUT2D eigenvalue weighted by molar-refractivity contribution is 5.77. The van der Waals surface area contributed by atoms with Crippen molar-refractivity contribution in [2.45, 2.75) is 40.2 Å². The van der Waals surface area contributed by atoms with E-state index in [2.05, 4.69) is 17.1 Å². The molecule has 2 aromatic heterocycles. The number of hydrogen-bond donors (Lipinski definition) is 0. The number of amides is 1. The molecule has 29 heavy (non-hydrogen) atoms. The fourth-order valence-electron chi connectivity index (χ4n) is 3.96. The first kappa shape index (κ1) is 19.4. The second-order valence-corrected chi connectivity index (χ2v) is 7.89. The lowest BCUT2D eigenvalue weighted by atomic mass is 10.0. The molecule has 1 amide bonds. The summed E-state index contributed by atoms with van der Waals surface area (Å²) in [5, 5.41) is 4.02. The van der Waals surface area contributed by atoms with Crippen molar-refractivity contribution in [1.82, 2.24) is 19.6 Å². The van der Waals surface area contributed by atoms with Gasteiger partial charge in [0, 0.05) is 30.0 Å². The van der Waals surface area contributed by atoms with Gasteiger partial charge in [0.2, 0.25) is 11.7 Å². The van der Waals surface area contributed by atoms with Crippen molar-refractivity contribution >= 4 is 5.91 Å². The van der Waals surface area contributed by atoms with Gasteiger partial charge in [0.15, 0.2) is 0 Å². The zero-order valence-electron chi connectivity index (χ0n) is 17.0. The van der Waals surface area contributed by atoms with E-state index >= 15 is 0 Å². The summed E-state index contributed by atoms with van der Waals surface area (Å²) in [6.45, 7) is 8.09. The van der Waals surface area contributed by atoms with E-state index in [0.717, 1.165) is 36.5 Å². The van der Waals surface area contributed by atoms with Crippen molar-refractivity contribution in [3.05, 3.63) is 47.5 Å². The highest BCUT2D eigenvalue weighted by Crippen LogP contribution is 2.28. The van der Waals surface area contributed by atoms with Crippen LogP contribution in [-0.4, -0.2) is 38.6 Å². The van der Waals surface area contributed by atoms with Gasteiger partial charge in [0.25, 0.3) is 5.89 Å². The highest BCUT2D eigenvalue weighted by Gasteiger charge is 2.23. The van der Waals surface area contributed by atoms with E-state index in [9.17, 15) is 9.18 Å². The van der Waals surface area contributed by atoms with Crippen LogP contribution in [0.2, 0.25) is 0 Å². The summed E-state index contributed by atoms with van der Waals surface area (Å²) in [5.74, 6) is 1.18. The fourth-order valence-corrected chi connectivity index (χ4v) is 3.96. The van der Waals surface area contributed by atoms with Crippen molar-refractivity contribution in [2.75, 3.05) is 13.1 Å². The molecule has 3 aromatic rings. The Bertz CT molecular complexity index is 1020. The minimum absolute atomic E-state index is 0.141. The molecule has 3 heterocycles. The minimum atomic E-state index is -0.311. The third-order valence-electron chi connectivity index (χ3n) is 5.64. The topological polar surface area (TPSA) is 64.2 Å². The lowest BCUT2D eigenvalue weighted by Gasteiger charge is -2.31. The number of aryl methyl sites for hydroxylation is 1. The molecule has 1 aromatic carbocycles. The van der Waals surface area contributed by atoms with E-state index in [1.165, 1.54) is 18.6 Å². The molecule has 6 nitrogen and oxygen atoms in total. The number of aromatic nitrogens is 3. The van der Waals surface area contributed by atoms with Crippen molar-refractivity contribution in [3.8, 4) is 22.8 Å². The van der Waals surface area contributed by atoms with Gasteiger partial charge < -0.3 is 14.0 Å². The molecule has 0 spiro atoms. The van der Waals surface area contributed by atoms with Gasteiger partial charge in [-0.15, -0.1) is 0 Å². The smallest absolute Gasteiger partial charge is 0.260 e. The molecule has 7 heteroatoms. The number of carbonyl (C=O) groups is 1. The highest BCUT2D eigenvalue weighted by atomic mass is 19.1. The molecule has 1 unspecified atom stereocenters. The van der Waals surface area contributed by atoms with Crippen LogP contribution in [0.1, 0.15) is 31.2 Å². The van der Waals surface area contributed by atoms with Crippen molar-refractivity contribution in [1.29, 1.82) is 0 Å². The second-order valence-electron chi connectivity index (χ2n) is 7.89. The van der Waals surface area contributed by atoms with E-state index in [1.54, 1.807) is 12.1 Å². The summed E-state index contributed by atoms with van der Waals surface area (Å²) in [7, 11) is 0. The zero-order valence-corrected chi connectivity index (χ0v) is 17.0. The monoisotopic (exact) mass is 396 g/mol. The van der Waals surface area contributed by atoms with Gasteiger partial charge in [-0.2, -0.15) is 4.98 Å². The number of hydrogen-bond acceptors (Lipinski definition) is 4. The number of rotatable bonds is 4. The quantitative estimate of drug-likeness (QED) is 0.662. The third-order valence-corrected chi connectivity index (χ3v) is 5.64. The molecule has 1 aliphatic rings. The van der Waals surface area contributed by atoms with Crippen LogP contribution in [0, 0.1) is 25.6 Å². The number of piperidine rings is 1. The van der Waals surface area contributed by atoms with Gasteiger partial charge in [-0.25, -0.2) is 4.39 Å². The SMILES string of the molecule is Cc1cc(-c2nc(-c3ccc(F)cc3)no2)c(C)n1CC(=O)N1CCCC(C)C1. The predicted molar refractivity (Wildman–Crippen MR) is 108 cm³/mol. The number of benzene rings is 1. The molecule has 1 fully saturated rings. The summed E-state index contributed by atoms with van der Waals surface area (Å²) in [6.07, 6.45) is 2.25. The standard InChI is InChI=1S/C22H25FN4O2/c1-14-5-4-10-26(12-14)20(28)13-27-15(2)11-19(16(27)3)22-24-21(25-29-22)17-6-8-18(23)9-7-17/h6-9,11,14H,4-5,10,12-13H2,1-3H3. The molecule has 152 valence electrons. The van der Waals surface area contributed by atoms with Crippen LogP contribution in [0.4, 0.5) is 4.39 Å². The maximum absolute atomic E-state index is 13.1. The average molecular weight is 396 g/mol. The summed E-state index contributed by atoms with van der Waals surface area (Å²) in [4.78, 5) is 19.2. The first-order valence-electron chi connectivity index (χ1n) is 9.97. The van der Waals surface area contributed by atoms with Gasteiger partial charge in [0.1, 0.15) is 12.4 Å². The molecule has 0 N–H and O–H groups in total. The Kier molecular flexibility index (Phi) is 5.22. The van der Waals surface area contributed by atoms with E-state index in [1.807, 2.05) is 29.4 Å². The largest absolute Gasteiger partial charge is 0.341 e. The lowest BCUT2D eigenvalue weighted by Crippen LogP contribution is -2.41. The van der Waals surface area contributed by atoms with Crippen LogP contribution in [0.5, 0.6) is 0 Å². The number of halogens is 1. The number of likely N-dealkylation sites (tertiary alicyclic amines) is 1. The Morgan fingerprint density at radius 2 is 2.03 bits per heavy atom. The Labute approximate surface area is 169 Å². The van der Waals surface area contributed by atoms with Crippen molar-refractivity contribution < 1.29 is 13.7 Å². The van der Waals surface area contributed by atoms with E-state index in [-0.39, 0.29) is 11.7 Å². The third kappa shape index (κ3) is 3.95. The Hall–Kier alpha value is -2.96. The number of carbonyl (C=O) groups excluding carboxylic acids is 1.